The molecule has 2 saturated heterocycles. The Kier molecular flexibility index (Phi) is 3.98. The maximum atomic E-state index is 3.72. The number of nitrogens with zero attached hydrogens (tertiary/aromatic N) is 1. The first-order chi connectivity index (χ1) is 8.34. The third-order valence-corrected chi connectivity index (χ3v) is 5.95. The standard InChI is InChI=1S/C14H26N2S/c1-11-9-17-10-14(11)16(13-5-6-13)8-12-4-2-3-7-15-12/h11-15H,2-10H2,1H3. The summed E-state index contributed by atoms with van der Waals surface area (Å²) in [4.78, 5) is 2.87. The molecule has 3 fully saturated rings. The summed E-state index contributed by atoms with van der Waals surface area (Å²) < 4.78 is 0. The molecule has 3 unspecified atom stereocenters. The van der Waals surface area contributed by atoms with Crippen LogP contribution in [0.3, 0.4) is 0 Å². The zero-order valence-corrected chi connectivity index (χ0v) is 11.8. The summed E-state index contributed by atoms with van der Waals surface area (Å²) in [5.41, 5.74) is 0. The fourth-order valence-electron chi connectivity index (χ4n) is 3.37. The largest absolute Gasteiger partial charge is 0.313 e. The molecule has 0 amide bonds. The zero-order valence-electron chi connectivity index (χ0n) is 11.0. The number of nitrogens with one attached hydrogen (secondary N) is 1. The van der Waals surface area contributed by atoms with E-state index in [9.17, 15) is 0 Å². The molecule has 0 radical (unpaired) electrons. The molecule has 1 saturated carbocycles. The molecule has 0 bridgehead atoms. The minimum Gasteiger partial charge on any atom is -0.313 e. The van der Waals surface area contributed by atoms with Crippen LogP contribution in [-0.4, -0.2) is 47.6 Å². The summed E-state index contributed by atoms with van der Waals surface area (Å²) in [5.74, 6) is 3.67. The second-order valence-electron chi connectivity index (χ2n) is 6.16. The van der Waals surface area contributed by atoms with Gasteiger partial charge in [-0.05, 0) is 43.9 Å². The summed E-state index contributed by atoms with van der Waals surface area (Å²) in [6.45, 7) is 5.02. The van der Waals surface area contributed by atoms with Crippen molar-refractivity contribution in [1.82, 2.24) is 10.2 Å². The average molecular weight is 254 g/mol. The molecule has 1 N–H and O–H groups in total. The fourth-order valence-corrected chi connectivity index (χ4v) is 4.86. The fraction of sp³-hybridized carbons (Fsp3) is 1.00. The van der Waals surface area contributed by atoms with E-state index in [1.807, 2.05) is 0 Å². The number of rotatable bonds is 4. The van der Waals surface area contributed by atoms with E-state index >= 15 is 0 Å². The van der Waals surface area contributed by atoms with Crippen molar-refractivity contribution in [3.8, 4) is 0 Å². The Bertz CT molecular complexity index is 249. The van der Waals surface area contributed by atoms with Gasteiger partial charge in [-0.25, -0.2) is 0 Å². The van der Waals surface area contributed by atoms with Crippen molar-refractivity contribution in [3.63, 3.8) is 0 Å². The Hall–Kier alpha value is 0.270. The molecule has 3 atom stereocenters. The molecule has 3 aliphatic rings. The van der Waals surface area contributed by atoms with E-state index in [1.165, 1.54) is 56.7 Å². The van der Waals surface area contributed by atoms with Crippen molar-refractivity contribution >= 4 is 11.8 Å². The zero-order chi connectivity index (χ0) is 11.7. The SMILES string of the molecule is CC1CSCC1N(CC1CCCCN1)C1CC1. The molecule has 17 heavy (non-hydrogen) atoms. The van der Waals surface area contributed by atoms with Crippen molar-refractivity contribution in [2.75, 3.05) is 24.6 Å². The van der Waals surface area contributed by atoms with Gasteiger partial charge in [0, 0.05) is 30.4 Å². The molecule has 1 aliphatic carbocycles. The Balaban J connectivity index is 1.59. The van der Waals surface area contributed by atoms with E-state index < -0.39 is 0 Å². The highest BCUT2D eigenvalue weighted by Crippen LogP contribution is 2.36. The van der Waals surface area contributed by atoms with Crippen LogP contribution in [0.2, 0.25) is 0 Å². The Morgan fingerprint density at radius 2 is 2.06 bits per heavy atom. The van der Waals surface area contributed by atoms with Crippen molar-refractivity contribution in [1.29, 1.82) is 0 Å². The maximum Gasteiger partial charge on any atom is 0.0223 e. The predicted molar refractivity (Wildman–Crippen MR) is 75.6 cm³/mol. The predicted octanol–water partition coefficient (Wildman–Crippen LogP) is 2.34. The van der Waals surface area contributed by atoms with Gasteiger partial charge in [0.25, 0.3) is 0 Å². The van der Waals surface area contributed by atoms with Crippen molar-refractivity contribution < 1.29 is 0 Å². The number of hydrogen-bond donors (Lipinski definition) is 1. The lowest BCUT2D eigenvalue weighted by atomic mass is 10.0. The summed E-state index contributed by atoms with van der Waals surface area (Å²) in [5, 5.41) is 3.72. The van der Waals surface area contributed by atoms with Crippen LogP contribution in [0.15, 0.2) is 0 Å². The van der Waals surface area contributed by atoms with E-state index in [2.05, 4.69) is 28.9 Å². The first-order valence-electron chi connectivity index (χ1n) is 7.41. The van der Waals surface area contributed by atoms with Gasteiger partial charge >= 0.3 is 0 Å². The van der Waals surface area contributed by atoms with Crippen LogP contribution < -0.4 is 5.32 Å². The molecule has 2 nitrogen and oxygen atoms in total. The van der Waals surface area contributed by atoms with Gasteiger partial charge in [-0.3, -0.25) is 4.90 Å². The van der Waals surface area contributed by atoms with Gasteiger partial charge in [0.2, 0.25) is 0 Å². The van der Waals surface area contributed by atoms with Crippen LogP contribution >= 0.6 is 11.8 Å². The highest BCUT2D eigenvalue weighted by atomic mass is 32.2. The molecule has 3 heteroatoms. The highest BCUT2D eigenvalue weighted by molar-refractivity contribution is 7.99. The van der Waals surface area contributed by atoms with Crippen LogP contribution in [0.5, 0.6) is 0 Å². The first-order valence-corrected chi connectivity index (χ1v) is 8.57. The number of hydrogen-bond acceptors (Lipinski definition) is 3. The molecule has 0 aromatic heterocycles. The summed E-state index contributed by atoms with van der Waals surface area (Å²) in [6.07, 6.45) is 7.14. The van der Waals surface area contributed by atoms with Gasteiger partial charge in [-0.2, -0.15) is 11.8 Å². The third kappa shape index (κ3) is 2.99. The van der Waals surface area contributed by atoms with E-state index in [0.717, 1.165) is 24.0 Å². The summed E-state index contributed by atoms with van der Waals surface area (Å²) in [6, 6.07) is 2.59. The maximum absolute atomic E-state index is 3.72. The molecule has 2 aliphatic heterocycles. The molecule has 2 heterocycles. The average Bonchev–Trinajstić information content (AvgIpc) is 3.11. The van der Waals surface area contributed by atoms with Gasteiger partial charge in [-0.1, -0.05) is 13.3 Å². The topological polar surface area (TPSA) is 15.3 Å². The van der Waals surface area contributed by atoms with Crippen molar-refractivity contribution in [2.45, 2.75) is 57.2 Å². The van der Waals surface area contributed by atoms with Gasteiger partial charge in [0.1, 0.15) is 0 Å². The molecule has 0 aromatic rings. The molecule has 3 rings (SSSR count). The number of thioether (sulfide) groups is 1. The van der Waals surface area contributed by atoms with Crippen LogP contribution in [0.1, 0.15) is 39.0 Å². The molecule has 98 valence electrons. The normalized spacial score (nSPS) is 38.8. The van der Waals surface area contributed by atoms with Crippen LogP contribution in [0.25, 0.3) is 0 Å². The van der Waals surface area contributed by atoms with Gasteiger partial charge < -0.3 is 5.32 Å². The molecule has 0 spiro atoms. The van der Waals surface area contributed by atoms with E-state index in [4.69, 9.17) is 0 Å². The highest BCUT2D eigenvalue weighted by Gasteiger charge is 2.39. The van der Waals surface area contributed by atoms with Crippen LogP contribution in [-0.2, 0) is 0 Å². The first kappa shape index (κ1) is 12.3. The second-order valence-corrected chi connectivity index (χ2v) is 7.23. The van der Waals surface area contributed by atoms with E-state index in [0.29, 0.717) is 0 Å². The van der Waals surface area contributed by atoms with Crippen LogP contribution in [0, 0.1) is 5.92 Å². The van der Waals surface area contributed by atoms with Crippen molar-refractivity contribution in [3.05, 3.63) is 0 Å². The van der Waals surface area contributed by atoms with Gasteiger partial charge in [0.15, 0.2) is 0 Å². The van der Waals surface area contributed by atoms with E-state index in [-0.39, 0.29) is 0 Å². The minimum atomic E-state index is 0.780. The third-order valence-electron chi connectivity index (χ3n) is 4.61. The summed E-state index contributed by atoms with van der Waals surface area (Å²) in [7, 11) is 0. The molecular formula is C14H26N2S. The second kappa shape index (κ2) is 5.50. The number of piperidine rings is 1. The minimum absolute atomic E-state index is 0.780. The van der Waals surface area contributed by atoms with Gasteiger partial charge in [0.05, 0.1) is 0 Å². The lowest BCUT2D eigenvalue weighted by molar-refractivity contribution is 0.144. The van der Waals surface area contributed by atoms with E-state index in [1.54, 1.807) is 0 Å². The quantitative estimate of drug-likeness (QED) is 0.829. The molecular weight excluding hydrogens is 228 g/mol. The van der Waals surface area contributed by atoms with Crippen LogP contribution in [0.4, 0.5) is 0 Å². The monoisotopic (exact) mass is 254 g/mol. The Morgan fingerprint density at radius 1 is 1.18 bits per heavy atom. The van der Waals surface area contributed by atoms with Gasteiger partial charge in [-0.15, -0.1) is 0 Å². The lowest BCUT2D eigenvalue weighted by Gasteiger charge is -2.36. The Morgan fingerprint density at radius 3 is 2.65 bits per heavy atom. The lowest BCUT2D eigenvalue weighted by Crippen LogP contribution is -2.49. The van der Waals surface area contributed by atoms with Crippen molar-refractivity contribution in [2.24, 2.45) is 5.92 Å². The Labute approximate surface area is 110 Å². The summed E-state index contributed by atoms with van der Waals surface area (Å²) >= 11 is 2.16. The smallest absolute Gasteiger partial charge is 0.0223 e. The molecule has 0 aromatic carbocycles.